The summed E-state index contributed by atoms with van der Waals surface area (Å²) in [5, 5.41) is 12.4. The van der Waals surface area contributed by atoms with Gasteiger partial charge in [-0.3, -0.25) is 9.59 Å². The summed E-state index contributed by atoms with van der Waals surface area (Å²) in [6, 6.07) is 2.35. The molecule has 3 rings (SSSR count). The van der Waals surface area contributed by atoms with E-state index in [4.69, 9.17) is 5.26 Å². The van der Waals surface area contributed by atoms with Gasteiger partial charge in [0.1, 0.15) is 6.04 Å². The molecule has 0 spiro atoms. The van der Waals surface area contributed by atoms with E-state index in [0.29, 0.717) is 31.0 Å². The lowest BCUT2D eigenvalue weighted by Crippen LogP contribution is -2.43. The number of likely N-dealkylation sites (tertiary alicyclic amines) is 2. The van der Waals surface area contributed by atoms with Gasteiger partial charge in [0.05, 0.1) is 12.6 Å². The maximum atomic E-state index is 12.2. The van der Waals surface area contributed by atoms with Crippen LogP contribution < -0.4 is 5.32 Å². The molecule has 1 N–H and O–H groups in total. The third-order valence-corrected chi connectivity index (χ3v) is 5.46. The Morgan fingerprint density at radius 1 is 1.27 bits per heavy atom. The Bertz CT molecular complexity index is 487. The SMILES string of the molecule is CC(=O)N1CC2C[C@@H](NCC(=O)N3CCC[C@H]3C#N)C[C@H]2C1. The molecule has 0 aromatic carbocycles. The van der Waals surface area contributed by atoms with Crippen LogP contribution in [0.1, 0.15) is 32.6 Å². The lowest BCUT2D eigenvalue weighted by Gasteiger charge is -2.22. The number of nitrogens with one attached hydrogen (secondary N) is 1. The monoisotopic (exact) mass is 304 g/mol. The number of nitrogens with zero attached hydrogens (tertiary/aromatic N) is 3. The maximum Gasteiger partial charge on any atom is 0.237 e. The van der Waals surface area contributed by atoms with Crippen LogP contribution in [0.2, 0.25) is 0 Å². The molecule has 120 valence electrons. The van der Waals surface area contributed by atoms with Crippen molar-refractivity contribution in [3.63, 3.8) is 0 Å². The van der Waals surface area contributed by atoms with Gasteiger partial charge in [-0.1, -0.05) is 0 Å². The first-order chi connectivity index (χ1) is 10.6. The van der Waals surface area contributed by atoms with E-state index < -0.39 is 0 Å². The van der Waals surface area contributed by atoms with Gasteiger partial charge in [0.25, 0.3) is 0 Å². The molecule has 3 fully saturated rings. The van der Waals surface area contributed by atoms with E-state index in [0.717, 1.165) is 38.8 Å². The van der Waals surface area contributed by atoms with Crippen LogP contribution >= 0.6 is 0 Å². The highest BCUT2D eigenvalue weighted by atomic mass is 16.2. The Labute approximate surface area is 131 Å². The number of carbonyl (C=O) groups is 2. The minimum Gasteiger partial charge on any atom is -0.342 e. The van der Waals surface area contributed by atoms with E-state index in [-0.39, 0.29) is 17.9 Å². The number of hydrogen-bond donors (Lipinski definition) is 1. The molecular formula is C16H24N4O2. The molecule has 6 nitrogen and oxygen atoms in total. The fourth-order valence-electron chi connectivity index (χ4n) is 4.26. The molecule has 2 heterocycles. The molecule has 2 aliphatic heterocycles. The molecule has 3 aliphatic rings. The van der Waals surface area contributed by atoms with E-state index >= 15 is 0 Å². The number of carbonyl (C=O) groups excluding carboxylic acids is 2. The summed E-state index contributed by atoms with van der Waals surface area (Å²) in [5.74, 6) is 1.38. The molecule has 0 aromatic heterocycles. The van der Waals surface area contributed by atoms with Crippen molar-refractivity contribution in [3.8, 4) is 6.07 Å². The third-order valence-electron chi connectivity index (χ3n) is 5.46. The standard InChI is InChI=1S/C16H24N4O2/c1-11(21)19-9-12-5-14(6-13(12)10-19)18-8-16(22)20-4-2-3-15(20)7-17/h12-15,18H,2-6,8-10H2,1H3/t12-,13?,14-,15-/m0/s1. The van der Waals surface area contributed by atoms with Gasteiger partial charge < -0.3 is 15.1 Å². The van der Waals surface area contributed by atoms with Gasteiger partial charge in [0, 0.05) is 32.6 Å². The van der Waals surface area contributed by atoms with Gasteiger partial charge >= 0.3 is 0 Å². The summed E-state index contributed by atoms with van der Waals surface area (Å²) in [6.45, 7) is 4.42. The van der Waals surface area contributed by atoms with Gasteiger partial charge in [-0.05, 0) is 37.5 Å². The second kappa shape index (κ2) is 6.25. The van der Waals surface area contributed by atoms with Crippen molar-refractivity contribution in [2.24, 2.45) is 11.8 Å². The summed E-state index contributed by atoms with van der Waals surface area (Å²) >= 11 is 0. The van der Waals surface area contributed by atoms with Crippen LogP contribution in [-0.4, -0.2) is 59.9 Å². The molecule has 1 saturated carbocycles. The normalized spacial score (nSPS) is 33.8. The molecule has 4 atom stereocenters. The number of fused-ring (bicyclic) bond motifs is 1. The molecule has 0 aromatic rings. The van der Waals surface area contributed by atoms with Gasteiger partial charge in [-0.15, -0.1) is 0 Å². The smallest absolute Gasteiger partial charge is 0.237 e. The van der Waals surface area contributed by atoms with Crippen LogP contribution in [0.25, 0.3) is 0 Å². The summed E-state index contributed by atoms with van der Waals surface area (Å²) in [5.41, 5.74) is 0. The Balaban J connectivity index is 1.44. The second-order valence-corrected chi connectivity index (χ2v) is 6.87. The largest absolute Gasteiger partial charge is 0.342 e. The van der Waals surface area contributed by atoms with Gasteiger partial charge in [-0.25, -0.2) is 0 Å². The quantitative estimate of drug-likeness (QED) is 0.816. The zero-order chi connectivity index (χ0) is 15.7. The number of nitriles is 1. The van der Waals surface area contributed by atoms with Crippen LogP contribution in [0.15, 0.2) is 0 Å². The van der Waals surface area contributed by atoms with Crippen LogP contribution in [0.4, 0.5) is 0 Å². The summed E-state index contributed by atoms with van der Waals surface area (Å²) in [7, 11) is 0. The first-order valence-corrected chi connectivity index (χ1v) is 8.26. The molecule has 0 radical (unpaired) electrons. The predicted molar refractivity (Wildman–Crippen MR) is 80.6 cm³/mol. The fraction of sp³-hybridized carbons (Fsp3) is 0.812. The lowest BCUT2D eigenvalue weighted by molar-refractivity contribution is -0.130. The highest BCUT2D eigenvalue weighted by Crippen LogP contribution is 2.38. The van der Waals surface area contributed by atoms with Crippen LogP contribution in [0, 0.1) is 23.2 Å². The Kier molecular flexibility index (Phi) is 4.34. The van der Waals surface area contributed by atoms with Crippen LogP contribution in [0.3, 0.4) is 0 Å². The Morgan fingerprint density at radius 3 is 2.55 bits per heavy atom. The molecular weight excluding hydrogens is 280 g/mol. The average Bonchev–Trinajstić information content (AvgIpc) is 3.17. The number of rotatable bonds is 3. The van der Waals surface area contributed by atoms with Crippen LogP contribution in [0.5, 0.6) is 0 Å². The van der Waals surface area contributed by atoms with Gasteiger partial charge in [-0.2, -0.15) is 5.26 Å². The highest BCUT2D eigenvalue weighted by molar-refractivity contribution is 5.79. The number of amides is 2. The first-order valence-electron chi connectivity index (χ1n) is 8.26. The zero-order valence-corrected chi connectivity index (χ0v) is 13.1. The van der Waals surface area contributed by atoms with Crippen molar-refractivity contribution in [2.75, 3.05) is 26.2 Å². The van der Waals surface area contributed by atoms with E-state index in [1.807, 2.05) is 4.90 Å². The lowest BCUT2D eigenvalue weighted by atomic mass is 10.0. The minimum atomic E-state index is -0.235. The van der Waals surface area contributed by atoms with Crippen molar-refractivity contribution in [2.45, 2.75) is 44.7 Å². The Morgan fingerprint density at radius 2 is 1.95 bits per heavy atom. The van der Waals surface area contributed by atoms with Crippen molar-refractivity contribution in [3.05, 3.63) is 0 Å². The Hall–Kier alpha value is -1.61. The summed E-state index contributed by atoms with van der Waals surface area (Å²) < 4.78 is 0. The molecule has 2 saturated heterocycles. The maximum absolute atomic E-state index is 12.2. The summed E-state index contributed by atoms with van der Waals surface area (Å²) in [4.78, 5) is 27.3. The van der Waals surface area contributed by atoms with Gasteiger partial charge in [0.15, 0.2) is 0 Å². The second-order valence-electron chi connectivity index (χ2n) is 6.87. The van der Waals surface area contributed by atoms with Crippen molar-refractivity contribution >= 4 is 11.8 Å². The average molecular weight is 304 g/mol. The molecule has 1 unspecified atom stereocenters. The number of hydrogen-bond acceptors (Lipinski definition) is 4. The van der Waals surface area contributed by atoms with Crippen molar-refractivity contribution in [1.82, 2.24) is 15.1 Å². The molecule has 0 bridgehead atoms. The van der Waals surface area contributed by atoms with Crippen molar-refractivity contribution in [1.29, 1.82) is 5.26 Å². The molecule has 6 heteroatoms. The zero-order valence-electron chi connectivity index (χ0n) is 13.1. The molecule has 22 heavy (non-hydrogen) atoms. The third kappa shape index (κ3) is 2.95. The summed E-state index contributed by atoms with van der Waals surface area (Å²) in [6.07, 6.45) is 3.82. The minimum absolute atomic E-state index is 0.0477. The highest BCUT2D eigenvalue weighted by Gasteiger charge is 2.41. The van der Waals surface area contributed by atoms with Crippen molar-refractivity contribution < 1.29 is 9.59 Å². The van der Waals surface area contributed by atoms with Crippen LogP contribution in [-0.2, 0) is 9.59 Å². The fourth-order valence-corrected chi connectivity index (χ4v) is 4.26. The first kappa shape index (κ1) is 15.3. The van der Waals surface area contributed by atoms with E-state index in [1.54, 1.807) is 11.8 Å². The topological polar surface area (TPSA) is 76.4 Å². The van der Waals surface area contributed by atoms with Gasteiger partial charge in [0.2, 0.25) is 11.8 Å². The van der Waals surface area contributed by atoms with E-state index in [2.05, 4.69) is 11.4 Å². The van der Waals surface area contributed by atoms with E-state index in [1.165, 1.54) is 0 Å². The molecule has 2 amide bonds. The van der Waals surface area contributed by atoms with E-state index in [9.17, 15) is 9.59 Å². The molecule has 1 aliphatic carbocycles. The predicted octanol–water partition coefficient (Wildman–Crippen LogP) is 0.347.